The molecule has 1 heterocycles. The van der Waals surface area contributed by atoms with Crippen molar-refractivity contribution in [2.75, 3.05) is 11.9 Å². The number of para-hydroxylation sites is 1. The number of hydrogen-bond acceptors (Lipinski definition) is 3. The summed E-state index contributed by atoms with van der Waals surface area (Å²) in [6.45, 7) is 0.632. The molecular weight excluding hydrogens is 338 g/mol. The molecule has 3 rings (SSSR count). The molecule has 1 aromatic carbocycles. The molecule has 1 aliphatic carbocycles. The summed E-state index contributed by atoms with van der Waals surface area (Å²) in [4.78, 5) is 24.5. The van der Waals surface area contributed by atoms with Crippen LogP contribution in [0.3, 0.4) is 0 Å². The molecule has 138 valence electrons. The molecule has 0 spiro atoms. The predicted molar refractivity (Wildman–Crippen MR) is 102 cm³/mol. The van der Waals surface area contributed by atoms with Crippen LogP contribution in [0.5, 0.6) is 0 Å². The second-order valence-corrected chi connectivity index (χ2v) is 7.04. The number of hydrogen-bond donors (Lipinski definition) is 3. The summed E-state index contributed by atoms with van der Waals surface area (Å²) < 4.78 is 0. The van der Waals surface area contributed by atoms with Crippen LogP contribution in [0, 0.1) is 11.8 Å². The minimum Gasteiger partial charge on any atom is -0.353 e. The molecule has 2 aliphatic rings. The maximum absolute atomic E-state index is 12.3. The fraction of sp³-hybridized carbons (Fsp3) is 0.579. The molecule has 5 nitrogen and oxygen atoms in total. The van der Waals surface area contributed by atoms with E-state index in [4.69, 9.17) is 5.73 Å². The second kappa shape index (κ2) is 9.20. The Kier molecular flexibility index (Phi) is 7.26. The van der Waals surface area contributed by atoms with Crippen molar-refractivity contribution in [2.24, 2.45) is 17.6 Å². The van der Waals surface area contributed by atoms with Gasteiger partial charge in [-0.1, -0.05) is 31.0 Å². The van der Waals surface area contributed by atoms with E-state index >= 15 is 0 Å². The van der Waals surface area contributed by atoms with Crippen molar-refractivity contribution in [1.82, 2.24) is 5.32 Å². The van der Waals surface area contributed by atoms with E-state index in [9.17, 15) is 9.59 Å². The lowest BCUT2D eigenvalue weighted by Crippen LogP contribution is -2.45. The Labute approximate surface area is 155 Å². The van der Waals surface area contributed by atoms with Gasteiger partial charge in [-0.05, 0) is 49.8 Å². The molecule has 1 fully saturated rings. The summed E-state index contributed by atoms with van der Waals surface area (Å²) in [6, 6.07) is 8.07. The average molecular weight is 366 g/mol. The third kappa shape index (κ3) is 4.95. The van der Waals surface area contributed by atoms with Gasteiger partial charge in [0.15, 0.2) is 0 Å². The fourth-order valence-corrected chi connectivity index (χ4v) is 3.91. The van der Waals surface area contributed by atoms with Crippen LogP contribution in [0.15, 0.2) is 24.3 Å². The quantitative estimate of drug-likeness (QED) is 0.749. The molecule has 1 aliphatic heterocycles. The molecule has 4 N–H and O–H groups in total. The van der Waals surface area contributed by atoms with Gasteiger partial charge in [0, 0.05) is 24.1 Å². The third-order valence-corrected chi connectivity index (χ3v) is 5.39. The Bertz CT molecular complexity index is 608. The summed E-state index contributed by atoms with van der Waals surface area (Å²) in [5, 5.41) is 6.09. The number of rotatable bonds is 5. The van der Waals surface area contributed by atoms with Gasteiger partial charge in [0.2, 0.25) is 11.8 Å². The van der Waals surface area contributed by atoms with Crippen molar-refractivity contribution in [3.05, 3.63) is 29.8 Å². The predicted octanol–water partition coefficient (Wildman–Crippen LogP) is 2.63. The molecule has 6 heteroatoms. The molecular formula is C19H28ClN3O2. The van der Waals surface area contributed by atoms with E-state index in [2.05, 4.69) is 10.6 Å². The van der Waals surface area contributed by atoms with Crippen molar-refractivity contribution >= 4 is 29.9 Å². The van der Waals surface area contributed by atoms with Gasteiger partial charge >= 0.3 is 0 Å². The molecule has 0 saturated heterocycles. The number of amides is 2. The van der Waals surface area contributed by atoms with Crippen LogP contribution in [0.25, 0.3) is 0 Å². The largest absolute Gasteiger partial charge is 0.353 e. The molecule has 0 radical (unpaired) electrons. The van der Waals surface area contributed by atoms with E-state index in [-0.39, 0.29) is 36.2 Å². The number of fused-ring (bicyclic) bond motifs is 1. The highest BCUT2D eigenvalue weighted by Crippen LogP contribution is 2.28. The van der Waals surface area contributed by atoms with E-state index in [1.54, 1.807) is 0 Å². The minimum absolute atomic E-state index is 0. The first-order valence-corrected chi connectivity index (χ1v) is 9.05. The van der Waals surface area contributed by atoms with E-state index in [1.165, 1.54) is 6.42 Å². The zero-order chi connectivity index (χ0) is 16.9. The van der Waals surface area contributed by atoms with Crippen LogP contribution in [0.1, 0.15) is 44.1 Å². The van der Waals surface area contributed by atoms with E-state index < -0.39 is 0 Å². The standard InChI is InChI=1S/C19H27N3O2.ClH/c20-12-15-6-2-4-8-17(15)21-18(23)10-9-14-11-13-5-1-3-7-16(13)22-19(14)24;/h1,3,5,7,14-15,17H,2,4,6,8-12,20H2,(H,21,23)(H,22,24);1H. The third-order valence-electron chi connectivity index (χ3n) is 5.39. The van der Waals surface area contributed by atoms with Gasteiger partial charge in [0.25, 0.3) is 0 Å². The lowest BCUT2D eigenvalue weighted by molar-refractivity contribution is -0.123. The molecule has 25 heavy (non-hydrogen) atoms. The van der Waals surface area contributed by atoms with Crippen molar-refractivity contribution < 1.29 is 9.59 Å². The van der Waals surface area contributed by atoms with Gasteiger partial charge in [0.1, 0.15) is 0 Å². The maximum atomic E-state index is 12.3. The number of carbonyl (C=O) groups is 2. The van der Waals surface area contributed by atoms with Gasteiger partial charge < -0.3 is 16.4 Å². The molecule has 1 aromatic rings. The Morgan fingerprint density at radius 3 is 2.80 bits per heavy atom. The molecule has 3 unspecified atom stereocenters. The average Bonchev–Trinajstić information content (AvgIpc) is 2.60. The number of nitrogens with one attached hydrogen (secondary N) is 2. The van der Waals surface area contributed by atoms with Gasteiger partial charge in [-0.3, -0.25) is 9.59 Å². The van der Waals surface area contributed by atoms with Crippen LogP contribution >= 0.6 is 12.4 Å². The van der Waals surface area contributed by atoms with Gasteiger partial charge in [0.05, 0.1) is 0 Å². The van der Waals surface area contributed by atoms with Crippen LogP contribution in [-0.4, -0.2) is 24.4 Å². The van der Waals surface area contributed by atoms with Crippen LogP contribution < -0.4 is 16.4 Å². The molecule has 1 saturated carbocycles. The normalized spacial score (nSPS) is 25.3. The number of anilines is 1. The number of nitrogens with two attached hydrogens (primary N) is 1. The Balaban J connectivity index is 0.00000225. The zero-order valence-electron chi connectivity index (χ0n) is 14.5. The van der Waals surface area contributed by atoms with Gasteiger partial charge in [-0.15, -0.1) is 12.4 Å². The Hall–Kier alpha value is -1.59. The first-order chi connectivity index (χ1) is 11.7. The lowest BCUT2D eigenvalue weighted by Gasteiger charge is -2.31. The van der Waals surface area contributed by atoms with Crippen molar-refractivity contribution in [3.63, 3.8) is 0 Å². The van der Waals surface area contributed by atoms with Crippen LogP contribution in [0.4, 0.5) is 5.69 Å². The molecule has 3 atom stereocenters. The zero-order valence-corrected chi connectivity index (χ0v) is 15.3. The Morgan fingerprint density at radius 1 is 1.24 bits per heavy atom. The van der Waals surface area contributed by atoms with Gasteiger partial charge in [-0.25, -0.2) is 0 Å². The highest BCUT2D eigenvalue weighted by atomic mass is 35.5. The van der Waals surface area contributed by atoms with Crippen molar-refractivity contribution in [3.8, 4) is 0 Å². The summed E-state index contributed by atoms with van der Waals surface area (Å²) in [7, 11) is 0. The fourth-order valence-electron chi connectivity index (χ4n) is 3.91. The highest BCUT2D eigenvalue weighted by Gasteiger charge is 2.28. The van der Waals surface area contributed by atoms with E-state index in [1.807, 2.05) is 24.3 Å². The highest BCUT2D eigenvalue weighted by molar-refractivity contribution is 5.96. The van der Waals surface area contributed by atoms with Crippen molar-refractivity contribution in [1.29, 1.82) is 0 Å². The topological polar surface area (TPSA) is 84.2 Å². The summed E-state index contributed by atoms with van der Waals surface area (Å²) in [5.74, 6) is 0.348. The summed E-state index contributed by atoms with van der Waals surface area (Å²) in [5.41, 5.74) is 7.87. The monoisotopic (exact) mass is 365 g/mol. The van der Waals surface area contributed by atoms with Crippen molar-refractivity contribution in [2.45, 2.75) is 51.0 Å². The summed E-state index contributed by atoms with van der Waals surface area (Å²) >= 11 is 0. The smallest absolute Gasteiger partial charge is 0.227 e. The first kappa shape index (κ1) is 19.7. The van der Waals surface area contributed by atoms with E-state index in [0.717, 1.165) is 30.5 Å². The number of carbonyl (C=O) groups excluding carboxylic acids is 2. The maximum Gasteiger partial charge on any atom is 0.227 e. The SMILES string of the molecule is Cl.NCC1CCCCC1NC(=O)CCC1Cc2ccccc2NC1=O. The lowest BCUT2D eigenvalue weighted by atomic mass is 9.84. The van der Waals surface area contributed by atoms with Crippen LogP contribution in [0.2, 0.25) is 0 Å². The number of benzene rings is 1. The second-order valence-electron chi connectivity index (χ2n) is 7.04. The number of halogens is 1. The Morgan fingerprint density at radius 2 is 2.00 bits per heavy atom. The molecule has 2 amide bonds. The van der Waals surface area contributed by atoms with Crippen LogP contribution in [-0.2, 0) is 16.0 Å². The van der Waals surface area contributed by atoms with E-state index in [0.29, 0.717) is 31.7 Å². The molecule has 0 bridgehead atoms. The van der Waals surface area contributed by atoms with Gasteiger partial charge in [-0.2, -0.15) is 0 Å². The molecule has 0 aromatic heterocycles. The summed E-state index contributed by atoms with van der Waals surface area (Å²) in [6.07, 6.45) is 6.18. The minimum atomic E-state index is -0.123. The first-order valence-electron chi connectivity index (χ1n) is 9.05.